The van der Waals surface area contributed by atoms with Crippen LogP contribution < -0.4 is 15.1 Å². The van der Waals surface area contributed by atoms with Crippen molar-refractivity contribution in [2.24, 2.45) is 12.0 Å². The zero-order valence-electron chi connectivity index (χ0n) is 19.5. The van der Waals surface area contributed by atoms with Crippen LogP contribution in [0.5, 0.6) is 5.75 Å². The molecule has 35 heavy (non-hydrogen) atoms. The van der Waals surface area contributed by atoms with Crippen molar-refractivity contribution in [3.8, 4) is 28.4 Å². The lowest BCUT2D eigenvalue weighted by Gasteiger charge is -2.09. The molecule has 0 saturated carbocycles. The van der Waals surface area contributed by atoms with E-state index in [9.17, 15) is 4.79 Å². The van der Waals surface area contributed by atoms with Gasteiger partial charge in [0, 0.05) is 16.9 Å². The maximum absolute atomic E-state index is 13.9. The quantitative estimate of drug-likeness (QED) is 0.271. The SMILES string of the molecule is COc1ccc(N=c2scc(-c3ccc(Br)cc3)n2-c2c(C)n(C)n(-c3ccccc3)c2=O)cc1. The van der Waals surface area contributed by atoms with E-state index in [-0.39, 0.29) is 5.56 Å². The minimum atomic E-state index is -0.107. The molecule has 0 amide bonds. The summed E-state index contributed by atoms with van der Waals surface area (Å²) >= 11 is 5.01. The molecule has 2 aromatic heterocycles. The molecule has 0 unspecified atom stereocenters. The number of halogens is 1. The zero-order chi connectivity index (χ0) is 24.5. The Hall–Kier alpha value is -3.62. The number of benzene rings is 3. The van der Waals surface area contributed by atoms with Crippen LogP contribution in [0.4, 0.5) is 5.69 Å². The van der Waals surface area contributed by atoms with Crippen LogP contribution in [0, 0.1) is 6.92 Å². The minimum Gasteiger partial charge on any atom is -0.497 e. The second-order valence-electron chi connectivity index (χ2n) is 7.97. The molecule has 2 heterocycles. The molecular weight excluding hydrogens is 524 g/mol. The van der Waals surface area contributed by atoms with Crippen LogP contribution in [0.15, 0.2) is 98.5 Å². The molecule has 0 aliphatic rings. The highest BCUT2D eigenvalue weighted by Crippen LogP contribution is 2.27. The summed E-state index contributed by atoms with van der Waals surface area (Å²) in [5, 5.41) is 2.05. The zero-order valence-corrected chi connectivity index (χ0v) is 21.9. The second kappa shape index (κ2) is 9.56. The third-order valence-corrected chi connectivity index (χ3v) is 7.25. The normalized spacial score (nSPS) is 11.7. The van der Waals surface area contributed by atoms with E-state index >= 15 is 0 Å². The molecule has 3 aromatic carbocycles. The molecule has 5 aromatic rings. The van der Waals surface area contributed by atoms with E-state index in [2.05, 4.69) is 15.9 Å². The lowest BCUT2D eigenvalue weighted by molar-refractivity contribution is 0.415. The van der Waals surface area contributed by atoms with Gasteiger partial charge in [0.25, 0.3) is 5.56 Å². The molecule has 0 fully saturated rings. The van der Waals surface area contributed by atoms with Crippen LogP contribution in [0.25, 0.3) is 22.6 Å². The van der Waals surface area contributed by atoms with Gasteiger partial charge in [0.2, 0.25) is 0 Å². The summed E-state index contributed by atoms with van der Waals surface area (Å²) < 4.78 is 11.8. The van der Waals surface area contributed by atoms with Gasteiger partial charge in [-0.1, -0.05) is 46.3 Å². The molecule has 5 rings (SSSR count). The summed E-state index contributed by atoms with van der Waals surface area (Å²) in [5.74, 6) is 0.767. The summed E-state index contributed by atoms with van der Waals surface area (Å²) in [6, 6.07) is 25.3. The number of hydrogen-bond donors (Lipinski definition) is 0. The molecule has 8 heteroatoms. The van der Waals surface area contributed by atoms with E-state index in [0.29, 0.717) is 10.5 Å². The smallest absolute Gasteiger partial charge is 0.296 e. The van der Waals surface area contributed by atoms with Gasteiger partial charge in [0.05, 0.1) is 29.9 Å². The number of ether oxygens (including phenoxy) is 1. The van der Waals surface area contributed by atoms with Crippen LogP contribution in [0.1, 0.15) is 5.69 Å². The number of methoxy groups -OCH3 is 1. The fraction of sp³-hybridized carbons (Fsp3) is 0.111. The molecule has 0 bridgehead atoms. The van der Waals surface area contributed by atoms with E-state index < -0.39 is 0 Å². The van der Waals surface area contributed by atoms with Crippen molar-refractivity contribution in [1.29, 1.82) is 0 Å². The third kappa shape index (κ3) is 4.31. The fourth-order valence-corrected chi connectivity index (χ4v) is 5.18. The molecule has 0 spiro atoms. The number of aromatic nitrogens is 3. The summed E-state index contributed by atoms with van der Waals surface area (Å²) in [6.45, 7) is 1.96. The molecule has 0 aliphatic carbocycles. The van der Waals surface area contributed by atoms with Gasteiger partial charge in [-0.05, 0) is 61.0 Å². The highest BCUT2D eigenvalue weighted by molar-refractivity contribution is 9.10. The monoisotopic (exact) mass is 546 g/mol. The molecule has 6 nitrogen and oxygen atoms in total. The summed E-state index contributed by atoms with van der Waals surface area (Å²) in [7, 11) is 3.54. The third-order valence-electron chi connectivity index (χ3n) is 5.89. The van der Waals surface area contributed by atoms with Crippen molar-refractivity contribution in [2.75, 3.05) is 7.11 Å². The van der Waals surface area contributed by atoms with Gasteiger partial charge >= 0.3 is 0 Å². The van der Waals surface area contributed by atoms with E-state index in [1.54, 1.807) is 11.8 Å². The van der Waals surface area contributed by atoms with Crippen LogP contribution in [0.2, 0.25) is 0 Å². The number of hydrogen-bond acceptors (Lipinski definition) is 4. The second-order valence-corrected chi connectivity index (χ2v) is 9.72. The molecule has 0 atom stereocenters. The number of rotatable bonds is 5. The fourth-order valence-electron chi connectivity index (χ4n) is 4.01. The van der Waals surface area contributed by atoms with Crippen LogP contribution in [0.3, 0.4) is 0 Å². The first kappa shape index (κ1) is 23.1. The van der Waals surface area contributed by atoms with Crippen molar-refractivity contribution in [3.63, 3.8) is 0 Å². The van der Waals surface area contributed by atoms with Gasteiger partial charge in [-0.25, -0.2) is 9.67 Å². The van der Waals surface area contributed by atoms with Crippen LogP contribution in [-0.2, 0) is 7.05 Å². The first-order valence-corrected chi connectivity index (χ1v) is 12.6. The highest BCUT2D eigenvalue weighted by atomic mass is 79.9. The molecule has 0 saturated heterocycles. The van der Waals surface area contributed by atoms with Crippen molar-refractivity contribution in [2.45, 2.75) is 6.92 Å². The van der Waals surface area contributed by atoms with Gasteiger partial charge in [-0.3, -0.25) is 14.0 Å². The first-order valence-electron chi connectivity index (χ1n) is 11.0. The Morgan fingerprint density at radius 2 is 1.63 bits per heavy atom. The Labute approximate surface area is 215 Å². The Bertz CT molecular complexity index is 1610. The van der Waals surface area contributed by atoms with Gasteiger partial charge in [0.1, 0.15) is 11.4 Å². The predicted octanol–water partition coefficient (Wildman–Crippen LogP) is 6.01. The van der Waals surface area contributed by atoms with Crippen molar-refractivity contribution >= 4 is 33.0 Å². The maximum Gasteiger partial charge on any atom is 0.296 e. The molecule has 176 valence electrons. The molecule has 0 N–H and O–H groups in total. The van der Waals surface area contributed by atoms with Gasteiger partial charge in [-0.2, -0.15) is 0 Å². The van der Waals surface area contributed by atoms with Crippen molar-refractivity contribution in [1.82, 2.24) is 13.9 Å². The average Bonchev–Trinajstić information content (AvgIpc) is 3.37. The highest BCUT2D eigenvalue weighted by Gasteiger charge is 2.22. The van der Waals surface area contributed by atoms with Crippen molar-refractivity contribution < 1.29 is 4.74 Å². The van der Waals surface area contributed by atoms with Crippen molar-refractivity contribution in [3.05, 3.63) is 110 Å². The van der Waals surface area contributed by atoms with Gasteiger partial charge < -0.3 is 4.74 Å². The summed E-state index contributed by atoms with van der Waals surface area (Å²) in [6.07, 6.45) is 0. The Balaban J connectivity index is 1.79. The Morgan fingerprint density at radius 1 is 0.943 bits per heavy atom. The summed E-state index contributed by atoms with van der Waals surface area (Å²) in [4.78, 5) is 19.5. The van der Waals surface area contributed by atoms with E-state index in [1.807, 2.05) is 107 Å². The Morgan fingerprint density at radius 3 is 2.29 bits per heavy atom. The van der Waals surface area contributed by atoms with E-state index in [1.165, 1.54) is 11.3 Å². The summed E-state index contributed by atoms with van der Waals surface area (Å²) in [5.41, 5.74) is 4.79. The standard InChI is InChI=1S/C27H23BrN4O2S/c1-18-25(26(33)32(30(18)2)22-7-5-4-6-8-22)31-24(19-9-11-20(28)12-10-19)17-35-27(31)29-21-13-15-23(34-3)16-14-21/h4-17H,1-3H3. The molecule has 0 radical (unpaired) electrons. The average molecular weight is 547 g/mol. The lowest BCUT2D eigenvalue weighted by Crippen LogP contribution is -2.24. The van der Waals surface area contributed by atoms with Crippen LogP contribution in [-0.4, -0.2) is 21.0 Å². The largest absolute Gasteiger partial charge is 0.497 e. The van der Waals surface area contributed by atoms with E-state index in [0.717, 1.165) is 38.5 Å². The topological polar surface area (TPSA) is 53.4 Å². The number of nitrogens with zero attached hydrogens (tertiary/aromatic N) is 4. The Kier molecular flexibility index (Phi) is 6.32. The molecular formula is C27H23BrN4O2S. The van der Waals surface area contributed by atoms with Crippen LogP contribution >= 0.6 is 27.3 Å². The lowest BCUT2D eigenvalue weighted by atomic mass is 10.1. The predicted molar refractivity (Wildman–Crippen MR) is 144 cm³/mol. The number of thiazole rings is 1. The van der Waals surface area contributed by atoms with Gasteiger partial charge in [0.15, 0.2) is 4.80 Å². The number of para-hydroxylation sites is 1. The maximum atomic E-state index is 13.9. The molecule has 0 aliphatic heterocycles. The first-order chi connectivity index (χ1) is 17.0. The minimum absolute atomic E-state index is 0.107. The van der Waals surface area contributed by atoms with Gasteiger partial charge in [-0.15, -0.1) is 11.3 Å². The van der Waals surface area contributed by atoms with E-state index in [4.69, 9.17) is 9.73 Å².